The van der Waals surface area contributed by atoms with Crippen LogP contribution in [0.2, 0.25) is 5.02 Å². The molecule has 1 fully saturated rings. The Bertz CT molecular complexity index is 473. The Kier molecular flexibility index (Phi) is 4.58. The van der Waals surface area contributed by atoms with Crippen molar-refractivity contribution < 1.29 is 9.84 Å². The van der Waals surface area contributed by atoms with Gasteiger partial charge < -0.3 is 15.2 Å². The second kappa shape index (κ2) is 6.24. The number of nitrogens with one attached hydrogen (secondary N) is 1. The van der Waals surface area contributed by atoms with E-state index in [1.54, 1.807) is 0 Å². The molecule has 2 aliphatic rings. The summed E-state index contributed by atoms with van der Waals surface area (Å²) in [7, 11) is 0. The lowest BCUT2D eigenvalue weighted by molar-refractivity contribution is -0.135. The van der Waals surface area contributed by atoms with Crippen LogP contribution in [0.3, 0.4) is 0 Å². The first kappa shape index (κ1) is 14.7. The number of aliphatic hydroxyl groups excluding tert-OH is 1. The van der Waals surface area contributed by atoms with E-state index in [0.717, 1.165) is 23.7 Å². The van der Waals surface area contributed by atoms with Gasteiger partial charge in [0.2, 0.25) is 0 Å². The van der Waals surface area contributed by atoms with Gasteiger partial charge in [0.25, 0.3) is 0 Å². The van der Waals surface area contributed by atoms with Crippen LogP contribution in [0.5, 0.6) is 0 Å². The van der Waals surface area contributed by atoms with Crippen molar-refractivity contribution in [1.82, 2.24) is 5.32 Å². The first-order valence-electron chi connectivity index (χ1n) is 7.07. The molecule has 1 aromatic rings. The van der Waals surface area contributed by atoms with Crippen LogP contribution in [0.15, 0.2) is 23.1 Å². The number of hydrogen-bond acceptors (Lipinski definition) is 4. The molecule has 0 spiro atoms. The van der Waals surface area contributed by atoms with Crippen LogP contribution < -0.4 is 5.32 Å². The van der Waals surface area contributed by atoms with Crippen LogP contribution in [0, 0.1) is 5.41 Å². The predicted molar refractivity (Wildman–Crippen MR) is 82.5 cm³/mol. The van der Waals surface area contributed by atoms with Gasteiger partial charge in [0.1, 0.15) is 0 Å². The van der Waals surface area contributed by atoms with Crippen LogP contribution in [0.25, 0.3) is 0 Å². The van der Waals surface area contributed by atoms with Crippen molar-refractivity contribution in [3.05, 3.63) is 28.8 Å². The zero-order valence-electron chi connectivity index (χ0n) is 11.4. The van der Waals surface area contributed by atoms with Crippen LogP contribution in [0.4, 0.5) is 0 Å². The molecule has 0 bridgehead atoms. The molecule has 0 amide bonds. The quantitative estimate of drug-likeness (QED) is 0.897. The molecule has 0 saturated carbocycles. The average molecular weight is 314 g/mol. The molecule has 1 aromatic carbocycles. The molecule has 0 aliphatic carbocycles. The molecule has 1 saturated heterocycles. The van der Waals surface area contributed by atoms with Gasteiger partial charge in [-0.15, -0.1) is 11.8 Å². The maximum atomic E-state index is 9.52. The molecule has 2 N–H and O–H groups in total. The summed E-state index contributed by atoms with van der Waals surface area (Å²) in [6.45, 7) is 2.29. The third-order valence-electron chi connectivity index (χ3n) is 4.12. The molecule has 3 nitrogen and oxygen atoms in total. The number of aliphatic hydroxyl groups is 1. The standard InChI is InChI=1S/C15H20ClNO2S/c16-11-3-4-14-12(6-11)13(2-1-5-20-14)17-7-15(8-18)9-19-10-15/h3-4,6,13,17-18H,1-2,5,7-10H2. The second-order valence-corrected chi connectivity index (χ2v) is 7.33. The molecule has 2 heterocycles. The summed E-state index contributed by atoms with van der Waals surface area (Å²) >= 11 is 8.06. The van der Waals surface area contributed by atoms with Gasteiger partial charge in [-0.25, -0.2) is 0 Å². The van der Waals surface area contributed by atoms with Crippen LogP contribution >= 0.6 is 23.4 Å². The highest BCUT2D eigenvalue weighted by Crippen LogP contribution is 2.37. The van der Waals surface area contributed by atoms with E-state index in [1.165, 1.54) is 16.9 Å². The van der Waals surface area contributed by atoms with Gasteiger partial charge >= 0.3 is 0 Å². The fourth-order valence-corrected chi connectivity index (χ4v) is 3.98. The molecule has 2 aliphatic heterocycles. The van der Waals surface area contributed by atoms with Crippen LogP contribution in [0.1, 0.15) is 24.4 Å². The lowest BCUT2D eigenvalue weighted by Gasteiger charge is -2.41. The summed E-state index contributed by atoms with van der Waals surface area (Å²) in [5.74, 6) is 1.15. The van der Waals surface area contributed by atoms with Crippen molar-refractivity contribution in [2.45, 2.75) is 23.8 Å². The first-order valence-corrected chi connectivity index (χ1v) is 8.43. The van der Waals surface area contributed by atoms with Crippen molar-refractivity contribution in [3.63, 3.8) is 0 Å². The SMILES string of the molecule is OCC1(CNC2CCCSc3ccc(Cl)cc32)COC1. The monoisotopic (exact) mass is 313 g/mol. The van der Waals surface area contributed by atoms with Gasteiger partial charge in [-0.1, -0.05) is 11.6 Å². The minimum atomic E-state index is -0.0851. The van der Waals surface area contributed by atoms with Crippen molar-refractivity contribution in [2.75, 3.05) is 32.1 Å². The minimum Gasteiger partial charge on any atom is -0.396 e. The Hall–Kier alpha value is -0.260. The Morgan fingerprint density at radius 3 is 3.00 bits per heavy atom. The summed E-state index contributed by atoms with van der Waals surface area (Å²) in [6, 6.07) is 6.49. The summed E-state index contributed by atoms with van der Waals surface area (Å²) < 4.78 is 5.26. The minimum absolute atomic E-state index is 0.0851. The molecule has 5 heteroatoms. The summed E-state index contributed by atoms with van der Waals surface area (Å²) in [4.78, 5) is 1.33. The molecular formula is C15H20ClNO2S. The zero-order valence-corrected chi connectivity index (χ0v) is 13.0. The van der Waals surface area contributed by atoms with Crippen molar-refractivity contribution in [3.8, 4) is 0 Å². The number of ether oxygens (including phenoxy) is 1. The number of halogens is 1. The van der Waals surface area contributed by atoms with E-state index < -0.39 is 0 Å². The van der Waals surface area contributed by atoms with E-state index in [1.807, 2.05) is 17.8 Å². The van der Waals surface area contributed by atoms with Crippen molar-refractivity contribution in [2.24, 2.45) is 5.41 Å². The Morgan fingerprint density at radius 2 is 2.30 bits per heavy atom. The lowest BCUT2D eigenvalue weighted by atomic mass is 9.86. The summed E-state index contributed by atoms with van der Waals surface area (Å²) in [6.07, 6.45) is 2.31. The van der Waals surface area contributed by atoms with Gasteiger partial charge in [0.05, 0.1) is 25.2 Å². The molecule has 1 unspecified atom stereocenters. The molecule has 20 heavy (non-hydrogen) atoms. The van der Waals surface area contributed by atoms with Gasteiger partial charge in [0, 0.05) is 22.5 Å². The molecule has 0 radical (unpaired) electrons. The number of benzene rings is 1. The number of fused-ring (bicyclic) bond motifs is 1. The molecule has 1 atom stereocenters. The normalized spacial score (nSPS) is 24.6. The summed E-state index contributed by atoms with van der Waals surface area (Å²) in [5, 5.41) is 13.9. The second-order valence-electron chi connectivity index (χ2n) is 5.76. The number of hydrogen-bond donors (Lipinski definition) is 2. The zero-order chi connectivity index (χ0) is 14.0. The van der Waals surface area contributed by atoms with Gasteiger partial charge in [-0.3, -0.25) is 0 Å². The predicted octanol–water partition coefficient (Wildman–Crippen LogP) is 2.87. The maximum absolute atomic E-state index is 9.52. The molecular weight excluding hydrogens is 294 g/mol. The van der Waals surface area contributed by atoms with Gasteiger partial charge in [0.15, 0.2) is 0 Å². The summed E-state index contributed by atoms with van der Waals surface area (Å²) in [5.41, 5.74) is 1.21. The highest BCUT2D eigenvalue weighted by Gasteiger charge is 2.38. The molecule has 0 aromatic heterocycles. The van der Waals surface area contributed by atoms with E-state index >= 15 is 0 Å². The largest absolute Gasteiger partial charge is 0.396 e. The third kappa shape index (κ3) is 3.00. The fourth-order valence-electron chi connectivity index (χ4n) is 2.74. The van der Waals surface area contributed by atoms with Gasteiger partial charge in [-0.2, -0.15) is 0 Å². The Balaban J connectivity index is 1.74. The van der Waals surface area contributed by atoms with E-state index in [0.29, 0.717) is 19.3 Å². The average Bonchev–Trinajstić information content (AvgIpc) is 2.60. The maximum Gasteiger partial charge on any atom is 0.0579 e. The fraction of sp³-hybridized carbons (Fsp3) is 0.600. The van der Waals surface area contributed by atoms with Crippen LogP contribution in [-0.4, -0.2) is 37.2 Å². The van der Waals surface area contributed by atoms with Gasteiger partial charge in [-0.05, 0) is 42.4 Å². The highest BCUT2D eigenvalue weighted by molar-refractivity contribution is 7.99. The smallest absolute Gasteiger partial charge is 0.0579 e. The third-order valence-corrected chi connectivity index (χ3v) is 5.53. The number of rotatable bonds is 4. The highest BCUT2D eigenvalue weighted by atomic mass is 35.5. The van der Waals surface area contributed by atoms with Crippen molar-refractivity contribution in [1.29, 1.82) is 0 Å². The van der Waals surface area contributed by atoms with E-state index in [-0.39, 0.29) is 12.0 Å². The van der Waals surface area contributed by atoms with Crippen LogP contribution in [-0.2, 0) is 4.74 Å². The van der Waals surface area contributed by atoms with E-state index in [4.69, 9.17) is 16.3 Å². The first-order chi connectivity index (χ1) is 9.72. The van der Waals surface area contributed by atoms with E-state index in [2.05, 4.69) is 17.4 Å². The lowest BCUT2D eigenvalue weighted by Crippen LogP contribution is -2.52. The topological polar surface area (TPSA) is 41.5 Å². The van der Waals surface area contributed by atoms with E-state index in [9.17, 15) is 5.11 Å². The Morgan fingerprint density at radius 1 is 1.45 bits per heavy atom. The number of thioether (sulfide) groups is 1. The Labute approximate surface area is 129 Å². The molecule has 3 rings (SSSR count). The molecule has 110 valence electrons. The van der Waals surface area contributed by atoms with Crippen molar-refractivity contribution >= 4 is 23.4 Å².